The minimum atomic E-state index is 0.429. The van der Waals surface area contributed by atoms with Gasteiger partial charge < -0.3 is 4.90 Å². The molecule has 4 rings (SSSR count). The summed E-state index contributed by atoms with van der Waals surface area (Å²) in [6.07, 6.45) is 5.60. The lowest BCUT2D eigenvalue weighted by Crippen LogP contribution is -2.35. The van der Waals surface area contributed by atoms with Crippen LogP contribution >= 0.6 is 0 Å². The zero-order chi connectivity index (χ0) is 14.7. The minimum Gasteiger partial charge on any atom is -0.352 e. The van der Waals surface area contributed by atoms with E-state index in [1.54, 1.807) is 6.33 Å². The van der Waals surface area contributed by atoms with Gasteiger partial charge in [-0.2, -0.15) is 0 Å². The second-order valence-corrected chi connectivity index (χ2v) is 8.06. The zero-order valence-electron chi connectivity index (χ0n) is 13.1. The molecular weight excluding hydrogens is 258 g/mol. The lowest BCUT2D eigenvalue weighted by atomic mass is 9.65. The lowest BCUT2D eigenvalue weighted by Gasteiger charge is -2.39. The van der Waals surface area contributed by atoms with Crippen LogP contribution in [-0.4, -0.2) is 22.6 Å². The van der Waals surface area contributed by atoms with Crippen LogP contribution < -0.4 is 4.90 Å². The van der Waals surface area contributed by atoms with Gasteiger partial charge in [0.05, 0.1) is 5.52 Å². The molecule has 2 aromatic rings. The summed E-state index contributed by atoms with van der Waals surface area (Å²) >= 11 is 0. The molecule has 1 aliphatic carbocycles. The number of rotatable bonds is 1. The highest BCUT2D eigenvalue weighted by Gasteiger charge is 2.50. The minimum absolute atomic E-state index is 0.429. The van der Waals surface area contributed by atoms with E-state index in [1.807, 2.05) is 6.07 Å². The Labute approximate surface area is 126 Å². The Morgan fingerprint density at radius 3 is 2.76 bits per heavy atom. The van der Waals surface area contributed by atoms with Crippen molar-refractivity contribution in [2.24, 2.45) is 10.8 Å². The summed E-state index contributed by atoms with van der Waals surface area (Å²) in [4.78, 5) is 11.6. The molecule has 21 heavy (non-hydrogen) atoms. The van der Waals surface area contributed by atoms with Gasteiger partial charge in [-0.3, -0.25) is 0 Å². The van der Waals surface area contributed by atoms with Crippen LogP contribution in [0.1, 0.15) is 40.0 Å². The normalized spacial score (nSPS) is 30.8. The highest BCUT2D eigenvalue weighted by Crippen LogP contribution is 2.53. The molecule has 1 saturated heterocycles. The summed E-state index contributed by atoms with van der Waals surface area (Å²) in [6.45, 7) is 8.41. The zero-order valence-corrected chi connectivity index (χ0v) is 13.1. The molecule has 2 fully saturated rings. The van der Waals surface area contributed by atoms with Crippen molar-refractivity contribution in [3.63, 3.8) is 0 Å². The van der Waals surface area contributed by atoms with Gasteiger partial charge in [-0.05, 0) is 42.2 Å². The molecule has 0 N–H and O–H groups in total. The van der Waals surface area contributed by atoms with Gasteiger partial charge in [-0.25, -0.2) is 9.97 Å². The third kappa shape index (κ3) is 2.10. The first-order chi connectivity index (χ1) is 9.96. The van der Waals surface area contributed by atoms with E-state index in [0.717, 1.165) is 17.9 Å². The van der Waals surface area contributed by atoms with Crippen LogP contribution in [0.25, 0.3) is 10.9 Å². The van der Waals surface area contributed by atoms with E-state index in [9.17, 15) is 0 Å². The first-order valence-electron chi connectivity index (χ1n) is 7.92. The molecule has 1 aromatic heterocycles. The van der Waals surface area contributed by atoms with Crippen molar-refractivity contribution in [3.8, 4) is 0 Å². The summed E-state index contributed by atoms with van der Waals surface area (Å²) in [6, 6.07) is 8.99. The van der Waals surface area contributed by atoms with Gasteiger partial charge in [-0.15, -0.1) is 0 Å². The molecule has 3 heteroatoms. The molecule has 1 saturated carbocycles. The Bertz CT molecular complexity index is 688. The topological polar surface area (TPSA) is 29.0 Å². The molecule has 0 amide bonds. The molecule has 2 atom stereocenters. The summed E-state index contributed by atoms with van der Waals surface area (Å²) in [5, 5.41) is 1.19. The molecule has 3 nitrogen and oxygen atoms in total. The average molecular weight is 281 g/mol. The quantitative estimate of drug-likeness (QED) is 0.790. The maximum absolute atomic E-state index is 4.64. The second kappa shape index (κ2) is 4.19. The molecule has 2 heterocycles. The number of nitrogens with zero attached hydrogens (tertiary/aromatic N) is 3. The molecule has 110 valence electrons. The number of benzene rings is 1. The lowest BCUT2D eigenvalue weighted by molar-refractivity contribution is 0.136. The van der Waals surface area contributed by atoms with E-state index in [0.29, 0.717) is 16.9 Å². The highest BCUT2D eigenvalue weighted by atomic mass is 15.3. The van der Waals surface area contributed by atoms with Crippen molar-refractivity contribution in [3.05, 3.63) is 30.6 Å². The van der Waals surface area contributed by atoms with Crippen LogP contribution in [0.4, 0.5) is 5.82 Å². The van der Waals surface area contributed by atoms with E-state index < -0.39 is 0 Å². The smallest absolute Gasteiger partial charge is 0.140 e. The van der Waals surface area contributed by atoms with Crippen molar-refractivity contribution in [1.29, 1.82) is 0 Å². The number of para-hydroxylation sites is 1. The van der Waals surface area contributed by atoms with E-state index in [1.165, 1.54) is 24.6 Å². The molecule has 2 aliphatic rings. The maximum Gasteiger partial charge on any atom is 0.140 e. The van der Waals surface area contributed by atoms with Crippen LogP contribution in [0.2, 0.25) is 0 Å². The standard InChI is InChI=1S/C18H23N3/c1-17(2)8-13-9-18(3,10-17)11-21(13)16-14-6-4-5-7-15(14)19-12-20-16/h4-7,12-13H,8-11H2,1-3H3/t13-,18-/m0/s1. The predicted molar refractivity (Wildman–Crippen MR) is 86.4 cm³/mol. The average Bonchev–Trinajstić information content (AvgIpc) is 2.67. The van der Waals surface area contributed by atoms with Gasteiger partial charge in [0.2, 0.25) is 0 Å². The number of hydrogen-bond acceptors (Lipinski definition) is 3. The monoisotopic (exact) mass is 281 g/mol. The fourth-order valence-corrected chi connectivity index (χ4v) is 4.93. The Kier molecular flexibility index (Phi) is 2.60. The van der Waals surface area contributed by atoms with Crippen molar-refractivity contribution in [2.45, 2.75) is 46.1 Å². The van der Waals surface area contributed by atoms with Crippen LogP contribution in [-0.2, 0) is 0 Å². The molecular formula is C18H23N3. The van der Waals surface area contributed by atoms with E-state index >= 15 is 0 Å². The molecule has 0 spiro atoms. The number of anilines is 1. The maximum atomic E-state index is 4.64. The third-order valence-corrected chi connectivity index (χ3v) is 5.21. The van der Waals surface area contributed by atoms with Gasteiger partial charge in [-0.1, -0.05) is 32.9 Å². The molecule has 1 aromatic carbocycles. The van der Waals surface area contributed by atoms with Crippen molar-refractivity contribution in [2.75, 3.05) is 11.4 Å². The van der Waals surface area contributed by atoms with Gasteiger partial charge >= 0.3 is 0 Å². The van der Waals surface area contributed by atoms with Crippen LogP contribution in [0.3, 0.4) is 0 Å². The SMILES string of the molecule is CC1(C)C[C@H]2C[C@](C)(CN2c2ncnc3ccccc23)C1. The van der Waals surface area contributed by atoms with Crippen molar-refractivity contribution in [1.82, 2.24) is 9.97 Å². The Morgan fingerprint density at radius 2 is 1.90 bits per heavy atom. The molecule has 1 aliphatic heterocycles. The van der Waals surface area contributed by atoms with Gasteiger partial charge in [0, 0.05) is 18.0 Å². The summed E-state index contributed by atoms with van der Waals surface area (Å²) in [5.41, 5.74) is 1.92. The van der Waals surface area contributed by atoms with E-state index in [-0.39, 0.29) is 0 Å². The van der Waals surface area contributed by atoms with Gasteiger partial charge in [0.15, 0.2) is 0 Å². The van der Waals surface area contributed by atoms with Crippen molar-refractivity contribution < 1.29 is 0 Å². The summed E-state index contributed by atoms with van der Waals surface area (Å²) in [5.74, 6) is 1.13. The Hall–Kier alpha value is -1.64. The van der Waals surface area contributed by atoms with E-state index in [4.69, 9.17) is 0 Å². The first kappa shape index (κ1) is 13.1. The van der Waals surface area contributed by atoms with Gasteiger partial charge in [0.25, 0.3) is 0 Å². The Morgan fingerprint density at radius 1 is 1.10 bits per heavy atom. The second-order valence-electron chi connectivity index (χ2n) is 8.06. The first-order valence-corrected chi connectivity index (χ1v) is 7.92. The van der Waals surface area contributed by atoms with Crippen LogP contribution in [0, 0.1) is 10.8 Å². The van der Waals surface area contributed by atoms with Crippen LogP contribution in [0.5, 0.6) is 0 Å². The van der Waals surface area contributed by atoms with Gasteiger partial charge in [0.1, 0.15) is 12.1 Å². The largest absolute Gasteiger partial charge is 0.352 e. The number of hydrogen-bond donors (Lipinski definition) is 0. The fraction of sp³-hybridized carbons (Fsp3) is 0.556. The summed E-state index contributed by atoms with van der Waals surface area (Å²) in [7, 11) is 0. The Balaban J connectivity index is 1.80. The van der Waals surface area contributed by atoms with Crippen LogP contribution in [0.15, 0.2) is 30.6 Å². The number of aromatic nitrogens is 2. The molecule has 2 bridgehead atoms. The molecule has 0 radical (unpaired) electrons. The number of fused-ring (bicyclic) bond motifs is 3. The molecule has 0 unspecified atom stereocenters. The fourth-order valence-electron chi connectivity index (χ4n) is 4.93. The van der Waals surface area contributed by atoms with Crippen molar-refractivity contribution >= 4 is 16.7 Å². The predicted octanol–water partition coefficient (Wildman–Crippen LogP) is 4.03. The highest BCUT2D eigenvalue weighted by molar-refractivity contribution is 5.89. The third-order valence-electron chi connectivity index (χ3n) is 5.21. The van der Waals surface area contributed by atoms with E-state index in [2.05, 4.69) is 53.8 Å². The summed E-state index contributed by atoms with van der Waals surface area (Å²) < 4.78 is 0.